The molecule has 1 aliphatic heterocycles. The van der Waals surface area contributed by atoms with Gasteiger partial charge < -0.3 is 10.1 Å². The summed E-state index contributed by atoms with van der Waals surface area (Å²) in [6.45, 7) is 5.75. The van der Waals surface area contributed by atoms with E-state index >= 15 is 0 Å². The Hall–Kier alpha value is -1.16. The van der Waals surface area contributed by atoms with Crippen LogP contribution in [0.3, 0.4) is 0 Å². The maximum atomic E-state index is 5.36. The summed E-state index contributed by atoms with van der Waals surface area (Å²) >= 11 is 0. The fourth-order valence-corrected chi connectivity index (χ4v) is 2.03. The number of aromatic nitrogens is 2. The van der Waals surface area contributed by atoms with E-state index < -0.39 is 0 Å². The molecule has 2 heterocycles. The van der Waals surface area contributed by atoms with Crippen LogP contribution in [0.1, 0.15) is 35.8 Å². The molecule has 4 heteroatoms. The summed E-state index contributed by atoms with van der Waals surface area (Å²) in [6, 6.07) is 0. The van der Waals surface area contributed by atoms with Crippen molar-refractivity contribution in [3.05, 3.63) is 17.1 Å². The molecule has 4 nitrogen and oxygen atoms in total. The smallest absolute Gasteiger partial charge is 0.134 e. The van der Waals surface area contributed by atoms with Crippen LogP contribution < -0.4 is 5.32 Å². The highest BCUT2D eigenvalue weighted by molar-refractivity contribution is 5.45. The fraction of sp³-hybridized carbons (Fsp3) is 0.667. The predicted molar refractivity (Wildman–Crippen MR) is 63.8 cm³/mol. The van der Waals surface area contributed by atoms with Gasteiger partial charge in [-0.25, -0.2) is 9.97 Å². The lowest BCUT2D eigenvalue weighted by atomic mass is 9.99. The normalized spacial score (nSPS) is 17.4. The maximum absolute atomic E-state index is 5.36. The van der Waals surface area contributed by atoms with Crippen molar-refractivity contribution in [3.8, 4) is 0 Å². The number of rotatable bonds is 2. The van der Waals surface area contributed by atoms with Crippen LogP contribution in [0.2, 0.25) is 0 Å². The van der Waals surface area contributed by atoms with Crippen molar-refractivity contribution in [2.45, 2.75) is 32.6 Å². The number of ether oxygens (including phenoxy) is 1. The Bertz CT molecular complexity index is 373. The van der Waals surface area contributed by atoms with Crippen molar-refractivity contribution in [1.82, 2.24) is 9.97 Å². The molecule has 0 atom stereocenters. The zero-order valence-electron chi connectivity index (χ0n) is 10.2. The summed E-state index contributed by atoms with van der Waals surface area (Å²) in [7, 11) is 1.91. The van der Waals surface area contributed by atoms with Gasteiger partial charge in [0.05, 0.1) is 0 Å². The molecule has 0 amide bonds. The SMILES string of the molecule is CNc1nc(C2CCOCC2)nc(C)c1C. The summed E-state index contributed by atoms with van der Waals surface area (Å²) < 4.78 is 5.36. The quantitative estimate of drug-likeness (QED) is 0.830. The number of anilines is 1. The lowest BCUT2D eigenvalue weighted by Gasteiger charge is -2.22. The minimum atomic E-state index is 0.458. The lowest BCUT2D eigenvalue weighted by molar-refractivity contribution is 0.0835. The van der Waals surface area contributed by atoms with Crippen molar-refractivity contribution in [1.29, 1.82) is 0 Å². The standard InChI is InChI=1S/C12H19N3O/c1-8-9(2)14-12(15-11(8)13-3)10-4-6-16-7-5-10/h10H,4-7H2,1-3H3,(H,13,14,15). The van der Waals surface area contributed by atoms with Gasteiger partial charge in [0.25, 0.3) is 0 Å². The lowest BCUT2D eigenvalue weighted by Crippen LogP contribution is -2.17. The number of nitrogens with one attached hydrogen (secondary N) is 1. The topological polar surface area (TPSA) is 47.0 Å². The van der Waals surface area contributed by atoms with Crippen LogP contribution in [0, 0.1) is 13.8 Å². The predicted octanol–water partition coefficient (Wildman–Crippen LogP) is 2.03. The molecule has 88 valence electrons. The van der Waals surface area contributed by atoms with Gasteiger partial charge in [-0.2, -0.15) is 0 Å². The summed E-state index contributed by atoms with van der Waals surface area (Å²) in [6.07, 6.45) is 2.07. The van der Waals surface area contributed by atoms with Crippen LogP contribution in [0.15, 0.2) is 0 Å². The van der Waals surface area contributed by atoms with E-state index in [-0.39, 0.29) is 0 Å². The molecule has 1 aromatic heterocycles. The number of hydrogen-bond acceptors (Lipinski definition) is 4. The molecule has 0 bridgehead atoms. The van der Waals surface area contributed by atoms with Crippen LogP contribution in [0.5, 0.6) is 0 Å². The van der Waals surface area contributed by atoms with Gasteiger partial charge in [0, 0.05) is 37.4 Å². The van der Waals surface area contributed by atoms with Crippen molar-refractivity contribution in [3.63, 3.8) is 0 Å². The van der Waals surface area contributed by atoms with Gasteiger partial charge in [-0.15, -0.1) is 0 Å². The summed E-state index contributed by atoms with van der Waals surface area (Å²) in [4.78, 5) is 9.20. The summed E-state index contributed by atoms with van der Waals surface area (Å²) in [5.41, 5.74) is 2.21. The highest BCUT2D eigenvalue weighted by Gasteiger charge is 2.20. The largest absolute Gasteiger partial charge is 0.381 e. The van der Waals surface area contributed by atoms with Crippen LogP contribution >= 0.6 is 0 Å². The Morgan fingerprint density at radius 2 is 1.88 bits per heavy atom. The van der Waals surface area contributed by atoms with Crippen molar-refractivity contribution < 1.29 is 4.74 Å². The minimum absolute atomic E-state index is 0.458. The van der Waals surface area contributed by atoms with E-state index in [1.165, 1.54) is 0 Å². The van der Waals surface area contributed by atoms with Gasteiger partial charge in [0.2, 0.25) is 0 Å². The van der Waals surface area contributed by atoms with Gasteiger partial charge in [0.15, 0.2) is 0 Å². The molecule has 1 aromatic rings. The average molecular weight is 221 g/mol. The number of nitrogens with zero attached hydrogens (tertiary/aromatic N) is 2. The van der Waals surface area contributed by atoms with E-state index in [0.29, 0.717) is 5.92 Å². The Morgan fingerprint density at radius 1 is 1.19 bits per heavy atom. The molecule has 1 aliphatic rings. The van der Waals surface area contributed by atoms with E-state index in [1.54, 1.807) is 0 Å². The van der Waals surface area contributed by atoms with Crippen LogP contribution in [-0.2, 0) is 4.74 Å². The van der Waals surface area contributed by atoms with E-state index in [1.807, 2.05) is 14.0 Å². The Kier molecular flexibility index (Phi) is 3.39. The molecule has 2 rings (SSSR count). The van der Waals surface area contributed by atoms with Crippen molar-refractivity contribution in [2.24, 2.45) is 0 Å². The first-order valence-electron chi connectivity index (χ1n) is 5.83. The summed E-state index contributed by atoms with van der Waals surface area (Å²) in [5.74, 6) is 2.38. The first-order chi connectivity index (χ1) is 7.72. The second-order valence-corrected chi connectivity index (χ2v) is 4.28. The molecule has 0 saturated carbocycles. The van der Waals surface area contributed by atoms with E-state index in [0.717, 1.165) is 49.0 Å². The van der Waals surface area contributed by atoms with Crippen LogP contribution in [0.4, 0.5) is 5.82 Å². The molecule has 16 heavy (non-hydrogen) atoms. The zero-order valence-corrected chi connectivity index (χ0v) is 10.2. The van der Waals surface area contributed by atoms with Gasteiger partial charge in [-0.3, -0.25) is 0 Å². The molecule has 1 N–H and O–H groups in total. The zero-order chi connectivity index (χ0) is 11.5. The van der Waals surface area contributed by atoms with Gasteiger partial charge >= 0.3 is 0 Å². The maximum Gasteiger partial charge on any atom is 0.134 e. The third kappa shape index (κ3) is 2.16. The first kappa shape index (κ1) is 11.3. The molecule has 1 saturated heterocycles. The first-order valence-corrected chi connectivity index (χ1v) is 5.83. The number of hydrogen-bond donors (Lipinski definition) is 1. The van der Waals surface area contributed by atoms with E-state index in [2.05, 4.69) is 22.2 Å². The highest BCUT2D eigenvalue weighted by Crippen LogP contribution is 2.26. The molecule has 0 spiro atoms. The van der Waals surface area contributed by atoms with Crippen molar-refractivity contribution in [2.75, 3.05) is 25.6 Å². The second-order valence-electron chi connectivity index (χ2n) is 4.28. The fourth-order valence-electron chi connectivity index (χ4n) is 2.03. The van der Waals surface area contributed by atoms with Crippen LogP contribution in [0.25, 0.3) is 0 Å². The third-order valence-electron chi connectivity index (χ3n) is 3.23. The van der Waals surface area contributed by atoms with E-state index in [4.69, 9.17) is 4.74 Å². The number of aryl methyl sites for hydroxylation is 1. The molecule has 0 aromatic carbocycles. The molecule has 0 aliphatic carbocycles. The Morgan fingerprint density at radius 3 is 2.50 bits per heavy atom. The van der Waals surface area contributed by atoms with Gasteiger partial charge in [0.1, 0.15) is 11.6 Å². The summed E-state index contributed by atoms with van der Waals surface area (Å²) in [5, 5.41) is 3.13. The second kappa shape index (κ2) is 4.78. The average Bonchev–Trinajstić information content (AvgIpc) is 2.33. The Balaban J connectivity index is 2.29. The molecular weight excluding hydrogens is 202 g/mol. The highest BCUT2D eigenvalue weighted by atomic mass is 16.5. The molecular formula is C12H19N3O. The Labute approximate surface area is 96.4 Å². The van der Waals surface area contributed by atoms with Crippen molar-refractivity contribution >= 4 is 5.82 Å². The monoisotopic (exact) mass is 221 g/mol. The van der Waals surface area contributed by atoms with Crippen LogP contribution in [-0.4, -0.2) is 30.2 Å². The molecule has 1 fully saturated rings. The molecule has 0 unspecified atom stereocenters. The van der Waals surface area contributed by atoms with Gasteiger partial charge in [-0.1, -0.05) is 0 Å². The minimum Gasteiger partial charge on any atom is -0.381 e. The third-order valence-corrected chi connectivity index (χ3v) is 3.23. The van der Waals surface area contributed by atoms with Gasteiger partial charge in [-0.05, 0) is 26.7 Å². The molecule has 0 radical (unpaired) electrons. The van der Waals surface area contributed by atoms with E-state index in [9.17, 15) is 0 Å².